The number of hydrogen-bond donors (Lipinski definition) is 3. The third kappa shape index (κ3) is 5.78. The van der Waals surface area contributed by atoms with E-state index in [1.165, 1.54) is 26.7 Å². The fourth-order valence-corrected chi connectivity index (χ4v) is 5.91. The van der Waals surface area contributed by atoms with Gasteiger partial charge in [0.1, 0.15) is 10.6 Å². The van der Waals surface area contributed by atoms with Crippen molar-refractivity contribution in [3.8, 4) is 0 Å². The molecular weight excluding hydrogens is 504 g/mol. The lowest BCUT2D eigenvalue weighted by Gasteiger charge is -2.44. The Kier molecular flexibility index (Phi) is 7.50. The number of amides is 1. The number of anilines is 1. The Morgan fingerprint density at radius 2 is 1.84 bits per heavy atom. The van der Waals surface area contributed by atoms with Crippen molar-refractivity contribution in [2.24, 2.45) is 11.3 Å². The summed E-state index contributed by atoms with van der Waals surface area (Å²) in [6.45, 7) is 14.9. The van der Waals surface area contributed by atoms with Gasteiger partial charge in [0.2, 0.25) is 5.88 Å². The predicted octanol–water partition coefficient (Wildman–Crippen LogP) is 6.47. The molecule has 4 rings (SSSR count). The van der Waals surface area contributed by atoms with Gasteiger partial charge >= 0.3 is 0 Å². The third-order valence-corrected chi connectivity index (χ3v) is 9.68. The molecule has 1 aliphatic rings. The Hall–Kier alpha value is -2.40. The highest BCUT2D eigenvalue weighted by Gasteiger charge is 2.43. The Bertz CT molecular complexity index is 1310. The molecule has 1 fully saturated rings. The number of aromatic nitrogens is 3. The van der Waals surface area contributed by atoms with Gasteiger partial charge in [-0.3, -0.25) is 19.2 Å². The minimum atomic E-state index is -3.57. The Balaban J connectivity index is 1.61. The van der Waals surface area contributed by atoms with Crippen molar-refractivity contribution in [1.29, 1.82) is 0 Å². The summed E-state index contributed by atoms with van der Waals surface area (Å²) in [4.78, 5) is 18.5. The van der Waals surface area contributed by atoms with Crippen molar-refractivity contribution in [3.63, 3.8) is 0 Å². The van der Waals surface area contributed by atoms with Gasteiger partial charge in [-0.05, 0) is 56.2 Å². The largest absolute Gasteiger partial charge is 0.384 e. The van der Waals surface area contributed by atoms with Gasteiger partial charge < -0.3 is 13.8 Å². The minimum absolute atomic E-state index is 0.0634. The molecule has 2 aromatic heterocycles. The van der Waals surface area contributed by atoms with Crippen LogP contribution >= 0.6 is 10.6 Å². The smallest absolute Gasteiger partial charge is 0.252 e. The van der Waals surface area contributed by atoms with Crippen molar-refractivity contribution in [1.82, 2.24) is 14.7 Å². The van der Waals surface area contributed by atoms with Gasteiger partial charge in [0, 0.05) is 31.6 Å². The fourth-order valence-electron chi connectivity index (χ4n) is 4.48. The Morgan fingerprint density at radius 3 is 2.45 bits per heavy atom. The second-order valence-corrected chi connectivity index (χ2v) is 15.5. The Labute approximate surface area is 226 Å². The van der Waals surface area contributed by atoms with E-state index in [-0.39, 0.29) is 16.2 Å². The molecule has 210 valence electrons. The number of nitrogens with one attached hydrogen (secondary N) is 1. The van der Waals surface area contributed by atoms with Gasteiger partial charge in [-0.25, -0.2) is 4.98 Å². The normalized spacial score (nSPS) is 15.7. The minimum Gasteiger partial charge on any atom is -0.384 e. The van der Waals surface area contributed by atoms with E-state index < -0.39 is 26.7 Å². The van der Waals surface area contributed by atoms with Crippen LogP contribution in [0.2, 0.25) is 0 Å². The zero-order chi connectivity index (χ0) is 28.1. The molecule has 38 heavy (non-hydrogen) atoms. The summed E-state index contributed by atoms with van der Waals surface area (Å²) in [6, 6.07) is 6.95. The zero-order valence-corrected chi connectivity index (χ0v) is 24.6. The molecule has 1 aromatic carbocycles. The highest BCUT2D eigenvalue weighted by molar-refractivity contribution is 8.26. The van der Waals surface area contributed by atoms with Gasteiger partial charge in [-0.15, -0.1) is 0 Å². The SMILES string of the molecule is COCC(C)(C)c1cc(NC(=O)C(C)(C)S(O)(O)c2ccc3c(c2)nc(CC(C)(C)C)n3CC2CC2)on1. The number of rotatable bonds is 10. The number of fused-ring (bicyclic) bond motifs is 1. The molecule has 0 unspecified atom stereocenters. The molecule has 1 aliphatic carbocycles. The molecule has 1 saturated carbocycles. The molecular formula is C28H42N4O5S. The predicted molar refractivity (Wildman–Crippen MR) is 151 cm³/mol. The molecule has 9 nitrogen and oxygen atoms in total. The molecule has 3 aromatic rings. The van der Waals surface area contributed by atoms with Crippen molar-refractivity contribution in [2.45, 2.75) is 89.3 Å². The monoisotopic (exact) mass is 546 g/mol. The summed E-state index contributed by atoms with van der Waals surface area (Å²) >= 11 is 0. The van der Waals surface area contributed by atoms with E-state index in [9.17, 15) is 13.9 Å². The number of methoxy groups -OCH3 is 1. The maximum Gasteiger partial charge on any atom is 0.252 e. The van der Waals surface area contributed by atoms with Crippen molar-refractivity contribution < 1.29 is 23.2 Å². The van der Waals surface area contributed by atoms with Gasteiger partial charge in [0.05, 0.1) is 28.2 Å². The second-order valence-electron chi connectivity index (χ2n) is 12.9. The fraction of sp³-hybridized carbons (Fsp3) is 0.607. The first-order valence-corrected chi connectivity index (χ1v) is 14.6. The summed E-state index contributed by atoms with van der Waals surface area (Å²) in [5, 5.41) is 6.73. The van der Waals surface area contributed by atoms with Crippen molar-refractivity contribution in [2.75, 3.05) is 19.0 Å². The van der Waals surface area contributed by atoms with E-state index in [0.29, 0.717) is 23.7 Å². The van der Waals surface area contributed by atoms with E-state index in [0.717, 1.165) is 24.3 Å². The Morgan fingerprint density at radius 1 is 1.16 bits per heavy atom. The van der Waals surface area contributed by atoms with Crippen molar-refractivity contribution in [3.05, 3.63) is 35.8 Å². The van der Waals surface area contributed by atoms with Crippen LogP contribution in [0.3, 0.4) is 0 Å². The molecule has 0 bridgehead atoms. The molecule has 0 saturated heterocycles. The lowest BCUT2D eigenvalue weighted by Crippen LogP contribution is -2.41. The summed E-state index contributed by atoms with van der Waals surface area (Å²) in [5.74, 6) is 1.23. The van der Waals surface area contributed by atoms with Crippen LogP contribution in [0.25, 0.3) is 11.0 Å². The zero-order valence-electron chi connectivity index (χ0n) is 23.8. The van der Waals surface area contributed by atoms with Crippen LogP contribution in [-0.4, -0.2) is 48.2 Å². The maximum absolute atomic E-state index is 13.3. The number of carbonyl (C=O) groups is 1. The van der Waals surface area contributed by atoms with Gasteiger partial charge in [0.15, 0.2) is 0 Å². The number of imidazole rings is 1. The summed E-state index contributed by atoms with van der Waals surface area (Å²) in [6.07, 6.45) is 3.27. The number of nitrogens with zero attached hydrogens (tertiary/aromatic N) is 3. The number of carbonyl (C=O) groups excluding carboxylic acids is 1. The van der Waals surface area contributed by atoms with Gasteiger partial charge in [-0.2, -0.15) is 10.6 Å². The quantitative estimate of drug-likeness (QED) is 0.266. The molecule has 3 N–H and O–H groups in total. The maximum atomic E-state index is 13.3. The summed E-state index contributed by atoms with van der Waals surface area (Å²) in [5.41, 5.74) is 1.96. The van der Waals surface area contributed by atoms with E-state index in [1.54, 1.807) is 25.3 Å². The van der Waals surface area contributed by atoms with E-state index >= 15 is 0 Å². The standard InChI is InChI=1S/C28H42N4O5S/c1-26(2,3)15-23-29-20-13-19(11-12-21(20)32(23)16-18-9-10-18)38(34,35)28(6,7)25(33)30-24-14-22(31-37-24)27(4,5)17-36-8/h11-14,18,34-35H,9-10,15-17H2,1-8H3,(H,30,33). The van der Waals surface area contributed by atoms with Crippen LogP contribution < -0.4 is 5.32 Å². The van der Waals surface area contributed by atoms with Crippen molar-refractivity contribution >= 4 is 33.4 Å². The molecule has 0 atom stereocenters. The van der Waals surface area contributed by atoms with Gasteiger partial charge in [-0.1, -0.05) is 39.8 Å². The number of hydrogen-bond acceptors (Lipinski definition) is 7. The topological polar surface area (TPSA) is 123 Å². The van der Waals surface area contributed by atoms with Crippen LogP contribution in [0, 0.1) is 11.3 Å². The molecule has 0 aliphatic heterocycles. The first-order chi connectivity index (χ1) is 17.5. The highest BCUT2D eigenvalue weighted by Crippen LogP contribution is 2.59. The average molecular weight is 547 g/mol. The molecule has 0 spiro atoms. The lowest BCUT2D eigenvalue weighted by atomic mass is 9.90. The molecule has 0 radical (unpaired) electrons. The van der Waals surface area contributed by atoms with Crippen LogP contribution in [0.4, 0.5) is 5.88 Å². The van der Waals surface area contributed by atoms with Crippen LogP contribution in [0.5, 0.6) is 0 Å². The number of ether oxygens (including phenoxy) is 1. The first kappa shape index (κ1) is 28.6. The van der Waals surface area contributed by atoms with E-state index in [4.69, 9.17) is 14.2 Å². The first-order valence-electron chi connectivity index (χ1n) is 13.1. The highest BCUT2D eigenvalue weighted by atomic mass is 32.3. The van der Waals surface area contributed by atoms with Crippen LogP contribution in [-0.2, 0) is 27.9 Å². The second kappa shape index (κ2) is 9.97. The number of benzene rings is 1. The van der Waals surface area contributed by atoms with E-state index in [1.807, 2.05) is 19.9 Å². The summed E-state index contributed by atoms with van der Waals surface area (Å²) in [7, 11) is -1.96. The van der Waals surface area contributed by atoms with E-state index in [2.05, 4.69) is 35.8 Å². The van der Waals surface area contributed by atoms with Gasteiger partial charge in [0.25, 0.3) is 5.91 Å². The molecule has 10 heteroatoms. The van der Waals surface area contributed by atoms with Crippen LogP contribution in [0.1, 0.15) is 72.8 Å². The third-order valence-electron chi connectivity index (χ3n) is 7.16. The van der Waals surface area contributed by atoms with Crippen LogP contribution in [0.15, 0.2) is 33.7 Å². The average Bonchev–Trinajstić information content (AvgIpc) is 3.39. The lowest BCUT2D eigenvalue weighted by molar-refractivity contribution is -0.118. The molecule has 2 heterocycles. The summed E-state index contributed by atoms with van der Waals surface area (Å²) < 4.78 is 34.1. The molecule has 1 amide bonds.